The summed E-state index contributed by atoms with van der Waals surface area (Å²) in [5.74, 6) is -0.0558. The maximum Gasteiger partial charge on any atom is 0.261 e. The summed E-state index contributed by atoms with van der Waals surface area (Å²) >= 11 is 0. The van der Waals surface area contributed by atoms with E-state index in [-0.39, 0.29) is 11.7 Å². The number of anilines is 1. The average molecular weight is 267 g/mol. The van der Waals surface area contributed by atoms with Crippen LogP contribution >= 0.6 is 0 Å². The molecule has 0 fully saturated rings. The monoisotopic (exact) mass is 267 g/mol. The van der Waals surface area contributed by atoms with Gasteiger partial charge >= 0.3 is 0 Å². The lowest BCUT2D eigenvalue weighted by Gasteiger charge is -2.16. The van der Waals surface area contributed by atoms with Crippen LogP contribution in [0.25, 0.3) is 11.0 Å². The molecule has 4 nitrogen and oxygen atoms in total. The molecule has 0 saturated heterocycles. The van der Waals surface area contributed by atoms with Crippen LogP contribution in [-0.4, -0.2) is 18.1 Å². The van der Waals surface area contributed by atoms with Crippen molar-refractivity contribution in [2.24, 2.45) is 0 Å². The topological polar surface area (TPSA) is 53.7 Å². The van der Waals surface area contributed by atoms with Crippen LogP contribution in [0, 0.1) is 0 Å². The Balaban J connectivity index is 2.00. The van der Waals surface area contributed by atoms with E-state index < -0.39 is 0 Å². The Kier molecular flexibility index (Phi) is 2.91. The van der Waals surface area contributed by atoms with Gasteiger partial charge in [-0.2, -0.15) is 0 Å². The molecule has 0 aliphatic rings. The van der Waals surface area contributed by atoms with E-state index in [1.54, 1.807) is 31.3 Å². The molecular weight excluding hydrogens is 254 g/mol. The molecule has 0 radical (unpaired) electrons. The van der Waals surface area contributed by atoms with E-state index in [9.17, 15) is 9.90 Å². The molecule has 0 atom stereocenters. The maximum absolute atomic E-state index is 12.5. The van der Waals surface area contributed by atoms with E-state index in [4.69, 9.17) is 4.42 Å². The number of carbonyl (C=O) groups is 1. The molecule has 1 aromatic heterocycles. The Morgan fingerprint density at radius 1 is 1.15 bits per heavy atom. The van der Waals surface area contributed by atoms with Gasteiger partial charge in [0.25, 0.3) is 5.91 Å². The third-order valence-corrected chi connectivity index (χ3v) is 3.23. The van der Waals surface area contributed by atoms with Crippen molar-refractivity contribution in [2.75, 3.05) is 11.9 Å². The maximum atomic E-state index is 12.5. The van der Waals surface area contributed by atoms with E-state index in [0.717, 1.165) is 5.39 Å². The minimum absolute atomic E-state index is 0.124. The fourth-order valence-corrected chi connectivity index (χ4v) is 2.14. The van der Waals surface area contributed by atoms with Crippen LogP contribution in [0.5, 0.6) is 5.75 Å². The van der Waals surface area contributed by atoms with Crippen LogP contribution in [0.4, 0.5) is 5.69 Å². The number of aromatic hydroxyl groups is 1. The second kappa shape index (κ2) is 4.74. The highest BCUT2D eigenvalue weighted by Crippen LogP contribution is 2.25. The van der Waals surface area contributed by atoms with Gasteiger partial charge in [-0.25, -0.2) is 0 Å². The quantitative estimate of drug-likeness (QED) is 0.774. The number of hydrogen-bond donors (Lipinski definition) is 1. The first-order chi connectivity index (χ1) is 9.66. The average Bonchev–Trinajstić information content (AvgIpc) is 2.89. The number of furan rings is 1. The van der Waals surface area contributed by atoms with Crippen LogP contribution in [0.3, 0.4) is 0 Å². The number of rotatable bonds is 2. The zero-order chi connectivity index (χ0) is 14.1. The van der Waals surface area contributed by atoms with Crippen molar-refractivity contribution in [3.8, 4) is 5.75 Å². The van der Waals surface area contributed by atoms with Gasteiger partial charge < -0.3 is 14.4 Å². The summed E-state index contributed by atoms with van der Waals surface area (Å²) in [5, 5.41) is 10.3. The van der Waals surface area contributed by atoms with Crippen molar-refractivity contribution < 1.29 is 14.3 Å². The molecule has 0 spiro atoms. The zero-order valence-electron chi connectivity index (χ0n) is 10.9. The van der Waals surface area contributed by atoms with Crippen molar-refractivity contribution in [2.45, 2.75) is 0 Å². The van der Waals surface area contributed by atoms with Gasteiger partial charge in [-0.05, 0) is 18.2 Å². The lowest BCUT2D eigenvalue weighted by molar-refractivity contribution is 0.0994. The van der Waals surface area contributed by atoms with E-state index >= 15 is 0 Å². The van der Waals surface area contributed by atoms with Crippen molar-refractivity contribution in [1.29, 1.82) is 0 Å². The van der Waals surface area contributed by atoms with Gasteiger partial charge in [0, 0.05) is 24.2 Å². The lowest BCUT2D eigenvalue weighted by Crippen LogP contribution is -2.25. The third-order valence-electron chi connectivity index (χ3n) is 3.23. The number of nitrogens with zero attached hydrogens (tertiary/aromatic N) is 1. The van der Waals surface area contributed by atoms with Gasteiger partial charge in [-0.3, -0.25) is 4.79 Å². The van der Waals surface area contributed by atoms with Gasteiger partial charge in [0.1, 0.15) is 17.6 Å². The summed E-state index contributed by atoms with van der Waals surface area (Å²) in [6, 6.07) is 14.0. The molecule has 100 valence electrons. The molecule has 1 heterocycles. The highest BCUT2D eigenvalue weighted by Gasteiger charge is 2.18. The van der Waals surface area contributed by atoms with Gasteiger partial charge in [-0.15, -0.1) is 0 Å². The van der Waals surface area contributed by atoms with Crippen molar-refractivity contribution in [3.63, 3.8) is 0 Å². The van der Waals surface area contributed by atoms with Crippen molar-refractivity contribution in [1.82, 2.24) is 0 Å². The minimum Gasteiger partial charge on any atom is -0.508 e. The summed E-state index contributed by atoms with van der Waals surface area (Å²) in [5.41, 5.74) is 1.81. The summed E-state index contributed by atoms with van der Waals surface area (Å²) < 4.78 is 5.38. The molecule has 2 aromatic carbocycles. The number of benzene rings is 2. The Bertz CT molecular complexity index is 776. The molecule has 1 N–H and O–H groups in total. The fraction of sp³-hybridized carbons (Fsp3) is 0.0625. The molecule has 0 saturated carbocycles. The molecule has 20 heavy (non-hydrogen) atoms. The molecule has 0 aliphatic carbocycles. The first-order valence-electron chi connectivity index (χ1n) is 6.20. The molecule has 3 aromatic rings. The third kappa shape index (κ3) is 2.01. The van der Waals surface area contributed by atoms with E-state index in [1.807, 2.05) is 24.3 Å². The number of para-hydroxylation sites is 1. The van der Waals surface area contributed by atoms with E-state index in [2.05, 4.69) is 0 Å². The van der Waals surface area contributed by atoms with Crippen LogP contribution in [0.2, 0.25) is 0 Å². The smallest absolute Gasteiger partial charge is 0.261 e. The standard InChI is InChI=1S/C16H13NO3/c1-17(11-5-4-6-12(18)9-11)16(19)14-10-20-15-8-3-2-7-13(14)15/h2-10,18H,1H3. The highest BCUT2D eigenvalue weighted by molar-refractivity contribution is 6.13. The molecule has 0 unspecified atom stereocenters. The number of amides is 1. The number of phenolic OH excluding ortho intramolecular Hbond substituents is 1. The minimum atomic E-state index is -0.180. The summed E-state index contributed by atoms with van der Waals surface area (Å²) in [6.07, 6.45) is 1.46. The van der Waals surface area contributed by atoms with Gasteiger partial charge in [0.2, 0.25) is 0 Å². The summed E-state index contributed by atoms with van der Waals surface area (Å²) in [7, 11) is 1.67. The number of phenols is 1. The van der Waals surface area contributed by atoms with Gasteiger partial charge in [0.15, 0.2) is 0 Å². The van der Waals surface area contributed by atoms with Gasteiger partial charge in [-0.1, -0.05) is 24.3 Å². The number of carbonyl (C=O) groups excluding carboxylic acids is 1. The summed E-state index contributed by atoms with van der Waals surface area (Å²) in [4.78, 5) is 14.0. The molecule has 3 rings (SSSR count). The Labute approximate surface area is 115 Å². The highest BCUT2D eigenvalue weighted by atomic mass is 16.3. The van der Waals surface area contributed by atoms with E-state index in [0.29, 0.717) is 16.8 Å². The predicted molar refractivity (Wildman–Crippen MR) is 77.1 cm³/mol. The first kappa shape index (κ1) is 12.3. The Morgan fingerprint density at radius 3 is 2.75 bits per heavy atom. The first-order valence-corrected chi connectivity index (χ1v) is 6.20. The largest absolute Gasteiger partial charge is 0.508 e. The normalized spacial score (nSPS) is 10.7. The second-order valence-corrected chi connectivity index (χ2v) is 4.53. The molecule has 0 bridgehead atoms. The molecule has 0 aliphatic heterocycles. The Morgan fingerprint density at radius 2 is 1.95 bits per heavy atom. The SMILES string of the molecule is CN(C(=O)c1coc2ccccc12)c1cccc(O)c1. The van der Waals surface area contributed by atoms with Crippen molar-refractivity contribution >= 4 is 22.6 Å². The van der Waals surface area contributed by atoms with Crippen LogP contribution in [-0.2, 0) is 0 Å². The fourth-order valence-electron chi connectivity index (χ4n) is 2.14. The molecular formula is C16H13NO3. The van der Waals surface area contributed by atoms with Gasteiger partial charge in [0.05, 0.1) is 5.56 Å². The Hall–Kier alpha value is -2.75. The number of hydrogen-bond acceptors (Lipinski definition) is 3. The number of fused-ring (bicyclic) bond motifs is 1. The second-order valence-electron chi connectivity index (χ2n) is 4.53. The van der Waals surface area contributed by atoms with Crippen molar-refractivity contribution in [3.05, 3.63) is 60.4 Å². The predicted octanol–water partition coefficient (Wildman–Crippen LogP) is 3.42. The van der Waals surface area contributed by atoms with Crippen LogP contribution < -0.4 is 4.90 Å². The van der Waals surface area contributed by atoms with Crippen LogP contribution in [0.15, 0.2) is 59.2 Å². The summed E-state index contributed by atoms with van der Waals surface area (Å²) in [6.45, 7) is 0. The zero-order valence-corrected chi connectivity index (χ0v) is 10.9. The molecule has 4 heteroatoms. The molecule has 1 amide bonds. The van der Waals surface area contributed by atoms with E-state index in [1.165, 1.54) is 11.2 Å². The van der Waals surface area contributed by atoms with Crippen LogP contribution in [0.1, 0.15) is 10.4 Å². The lowest BCUT2D eigenvalue weighted by atomic mass is 10.1.